The van der Waals surface area contributed by atoms with Crippen molar-refractivity contribution in [3.63, 3.8) is 0 Å². The van der Waals surface area contributed by atoms with Gasteiger partial charge in [-0.1, -0.05) is 30.3 Å². The van der Waals surface area contributed by atoms with Crippen molar-refractivity contribution in [1.29, 1.82) is 0 Å². The highest BCUT2D eigenvalue weighted by molar-refractivity contribution is 6.01. The van der Waals surface area contributed by atoms with Crippen LogP contribution in [0.25, 0.3) is 27.7 Å². The first kappa shape index (κ1) is 27.6. The summed E-state index contributed by atoms with van der Waals surface area (Å²) in [6.45, 7) is 2.03. The molecule has 216 valence electrons. The van der Waals surface area contributed by atoms with E-state index in [1.54, 1.807) is 42.5 Å². The molecule has 42 heavy (non-hydrogen) atoms. The molecule has 2 aliphatic rings. The van der Waals surface area contributed by atoms with Gasteiger partial charge in [-0.15, -0.1) is 13.2 Å². The Bertz CT molecular complexity index is 1730. The Hall–Kier alpha value is -4.55. The number of benzene rings is 3. The number of nitrogens with one attached hydrogen (secondary N) is 1. The average molecular weight is 579 g/mol. The Kier molecular flexibility index (Phi) is 7.03. The van der Waals surface area contributed by atoms with E-state index < -0.39 is 29.1 Å². The van der Waals surface area contributed by atoms with Crippen molar-refractivity contribution in [3.8, 4) is 22.6 Å². The van der Waals surface area contributed by atoms with Gasteiger partial charge >= 0.3 is 6.36 Å². The minimum absolute atomic E-state index is 0.198. The van der Waals surface area contributed by atoms with E-state index >= 15 is 0 Å². The SMILES string of the molecule is O=Cc1ccc(-c2ccc3c(=O)n(-c4ccc(OC(F)(F)F)c(NC(=O)C5(N6CCOCC6)CC5)c4)cnc3c2)cc1. The van der Waals surface area contributed by atoms with E-state index in [1.807, 2.05) is 4.90 Å². The summed E-state index contributed by atoms with van der Waals surface area (Å²) in [5.74, 6) is -1.03. The largest absolute Gasteiger partial charge is 0.573 e. The van der Waals surface area contributed by atoms with Gasteiger partial charge in [0.25, 0.3) is 5.56 Å². The normalized spacial score (nSPS) is 16.6. The Morgan fingerprint density at radius 2 is 1.71 bits per heavy atom. The number of aldehydes is 1. The molecule has 1 aromatic heterocycles. The highest BCUT2D eigenvalue weighted by Crippen LogP contribution is 2.44. The van der Waals surface area contributed by atoms with Gasteiger partial charge in [0.05, 0.1) is 35.5 Å². The molecule has 12 heteroatoms. The van der Waals surface area contributed by atoms with Crippen LogP contribution in [0.1, 0.15) is 23.2 Å². The minimum atomic E-state index is -4.99. The van der Waals surface area contributed by atoms with E-state index in [1.165, 1.54) is 23.0 Å². The second-order valence-electron chi connectivity index (χ2n) is 10.2. The summed E-state index contributed by atoms with van der Waals surface area (Å²) in [5.41, 5.74) is 1.30. The maximum atomic E-state index is 13.5. The van der Waals surface area contributed by atoms with Crippen molar-refractivity contribution < 1.29 is 32.2 Å². The lowest BCUT2D eigenvalue weighted by Gasteiger charge is -2.34. The first-order valence-corrected chi connectivity index (χ1v) is 13.3. The lowest BCUT2D eigenvalue weighted by molar-refractivity contribution is -0.274. The van der Waals surface area contributed by atoms with Gasteiger partial charge in [-0.05, 0) is 54.3 Å². The summed E-state index contributed by atoms with van der Waals surface area (Å²) in [6, 6.07) is 15.7. The average Bonchev–Trinajstić information content (AvgIpc) is 3.80. The third-order valence-corrected chi connectivity index (χ3v) is 7.62. The summed E-state index contributed by atoms with van der Waals surface area (Å²) >= 11 is 0. The van der Waals surface area contributed by atoms with Crippen molar-refractivity contribution in [1.82, 2.24) is 14.5 Å². The lowest BCUT2D eigenvalue weighted by atomic mass is 10.0. The second-order valence-corrected chi connectivity index (χ2v) is 10.2. The van der Waals surface area contributed by atoms with Gasteiger partial charge < -0.3 is 14.8 Å². The number of rotatable bonds is 7. The smallest absolute Gasteiger partial charge is 0.404 e. The van der Waals surface area contributed by atoms with Crippen molar-refractivity contribution >= 4 is 28.8 Å². The third-order valence-electron chi connectivity index (χ3n) is 7.62. The van der Waals surface area contributed by atoms with Gasteiger partial charge in [0, 0.05) is 18.7 Å². The Labute approximate surface area is 237 Å². The number of fused-ring (bicyclic) bond motifs is 1. The van der Waals surface area contributed by atoms with E-state index in [9.17, 15) is 27.6 Å². The molecule has 3 aromatic carbocycles. The van der Waals surface area contributed by atoms with E-state index in [0.717, 1.165) is 23.5 Å². The van der Waals surface area contributed by atoms with Crippen LogP contribution in [0.15, 0.2) is 71.8 Å². The van der Waals surface area contributed by atoms with Crippen LogP contribution < -0.4 is 15.6 Å². The maximum absolute atomic E-state index is 13.5. The number of amides is 1. The fraction of sp³-hybridized carbons (Fsp3) is 0.267. The Morgan fingerprint density at radius 1 is 1.00 bits per heavy atom. The molecular formula is C30H25F3N4O5. The topological polar surface area (TPSA) is 103 Å². The number of morpholine rings is 1. The molecule has 2 heterocycles. The summed E-state index contributed by atoms with van der Waals surface area (Å²) in [6.07, 6.45) is -1.81. The molecular weight excluding hydrogens is 553 g/mol. The van der Waals surface area contributed by atoms with Crippen LogP contribution in [-0.4, -0.2) is 64.8 Å². The molecule has 1 aliphatic heterocycles. The van der Waals surface area contributed by atoms with Gasteiger partial charge in [-0.3, -0.25) is 23.9 Å². The molecule has 0 radical (unpaired) electrons. The van der Waals surface area contributed by atoms with Crippen LogP contribution in [-0.2, 0) is 9.53 Å². The zero-order valence-corrected chi connectivity index (χ0v) is 22.2. The number of halogens is 3. The van der Waals surface area contributed by atoms with E-state index in [2.05, 4.69) is 15.0 Å². The van der Waals surface area contributed by atoms with Crippen LogP contribution in [0.3, 0.4) is 0 Å². The standard InChI is InChI=1S/C30H25F3N4O5/c31-30(32,33)42-26-8-6-22(16-25(26)35-28(40)29(9-10-29)36-11-13-41-14-12-36)37-18-34-24-15-21(5-7-23(24)27(37)39)20-3-1-19(17-38)2-4-20/h1-8,15-18H,9-14H2,(H,35,40). The van der Waals surface area contributed by atoms with E-state index in [0.29, 0.717) is 50.2 Å². The lowest BCUT2D eigenvalue weighted by Crippen LogP contribution is -2.51. The maximum Gasteiger partial charge on any atom is 0.573 e. The number of carbonyl (C=O) groups excluding carboxylic acids is 2. The first-order chi connectivity index (χ1) is 20.2. The molecule has 0 unspecified atom stereocenters. The number of hydrogen-bond donors (Lipinski definition) is 1. The zero-order valence-electron chi connectivity index (χ0n) is 22.2. The van der Waals surface area contributed by atoms with Gasteiger partial charge in [0.15, 0.2) is 5.75 Å². The third kappa shape index (κ3) is 5.38. The van der Waals surface area contributed by atoms with Gasteiger partial charge in [0.1, 0.15) is 18.2 Å². The molecule has 1 saturated carbocycles. The predicted octanol–water partition coefficient (Wildman–Crippen LogP) is 4.57. The van der Waals surface area contributed by atoms with E-state index in [-0.39, 0.29) is 16.8 Å². The van der Waals surface area contributed by atoms with Crippen LogP contribution in [0, 0.1) is 0 Å². The van der Waals surface area contributed by atoms with Crippen molar-refractivity contribution in [3.05, 3.63) is 82.9 Å². The quantitative estimate of drug-likeness (QED) is 0.321. The predicted molar refractivity (Wildman–Crippen MR) is 148 cm³/mol. The Morgan fingerprint density at radius 3 is 2.38 bits per heavy atom. The van der Waals surface area contributed by atoms with Crippen molar-refractivity contribution in [2.24, 2.45) is 0 Å². The summed E-state index contributed by atoms with van der Waals surface area (Å²) in [5, 5.41) is 2.92. The zero-order chi connectivity index (χ0) is 29.5. The number of nitrogens with zero attached hydrogens (tertiary/aromatic N) is 3. The molecule has 2 fully saturated rings. The Balaban J connectivity index is 1.34. The monoisotopic (exact) mass is 578 g/mol. The number of anilines is 1. The molecule has 0 bridgehead atoms. The number of ether oxygens (including phenoxy) is 2. The van der Waals surface area contributed by atoms with Gasteiger partial charge in [-0.2, -0.15) is 0 Å². The molecule has 0 spiro atoms. The van der Waals surface area contributed by atoms with E-state index in [4.69, 9.17) is 4.74 Å². The number of carbonyl (C=O) groups is 2. The first-order valence-electron chi connectivity index (χ1n) is 13.3. The fourth-order valence-electron chi connectivity index (χ4n) is 5.25. The minimum Gasteiger partial charge on any atom is -0.404 e. The van der Waals surface area contributed by atoms with Crippen molar-refractivity contribution in [2.75, 3.05) is 31.6 Å². The molecule has 1 N–H and O–H groups in total. The summed E-state index contributed by atoms with van der Waals surface area (Å²) in [4.78, 5) is 44.2. The molecule has 6 rings (SSSR count). The van der Waals surface area contributed by atoms with Crippen LogP contribution >= 0.6 is 0 Å². The molecule has 1 aliphatic carbocycles. The second kappa shape index (κ2) is 10.7. The van der Waals surface area contributed by atoms with Crippen LogP contribution in [0.4, 0.5) is 18.9 Å². The molecule has 9 nitrogen and oxygen atoms in total. The van der Waals surface area contributed by atoms with Gasteiger partial charge in [0.2, 0.25) is 5.91 Å². The van der Waals surface area contributed by atoms with Crippen LogP contribution in [0.2, 0.25) is 0 Å². The highest BCUT2D eigenvalue weighted by Gasteiger charge is 2.54. The van der Waals surface area contributed by atoms with Crippen LogP contribution in [0.5, 0.6) is 5.75 Å². The highest BCUT2D eigenvalue weighted by atomic mass is 19.4. The summed E-state index contributed by atoms with van der Waals surface area (Å²) < 4.78 is 50.4. The fourth-order valence-corrected chi connectivity index (χ4v) is 5.25. The molecule has 0 atom stereocenters. The molecule has 1 saturated heterocycles. The van der Waals surface area contributed by atoms with Crippen molar-refractivity contribution in [2.45, 2.75) is 24.7 Å². The van der Waals surface area contributed by atoms with Gasteiger partial charge in [-0.25, -0.2) is 4.98 Å². The molecule has 1 amide bonds. The number of hydrogen-bond acceptors (Lipinski definition) is 7. The summed E-state index contributed by atoms with van der Waals surface area (Å²) in [7, 11) is 0. The number of alkyl halides is 3. The number of aromatic nitrogens is 2. The molecule has 4 aromatic rings.